The number of carbonyl (C=O) groups is 2. The Hall–Kier alpha value is -4.62. The molecular weight excluding hydrogens is 722 g/mol. The smallest absolute Gasteiger partial charge is 0.248 e. The van der Waals surface area contributed by atoms with Crippen molar-refractivity contribution in [1.82, 2.24) is 25.9 Å². The number of aromatic nitrogens is 2. The van der Waals surface area contributed by atoms with Crippen LogP contribution in [0.15, 0.2) is 65.9 Å². The Morgan fingerprint density at radius 1 is 0.818 bits per heavy atom. The molecule has 8 nitrogen and oxygen atoms in total. The Balaban J connectivity index is 1.20. The monoisotopic (exact) mass is 772 g/mol. The summed E-state index contributed by atoms with van der Waals surface area (Å²) in [7, 11) is 0. The molecule has 298 valence electrons. The van der Waals surface area contributed by atoms with Crippen LogP contribution in [0.25, 0.3) is 28.1 Å². The molecule has 2 aliphatic carbocycles. The van der Waals surface area contributed by atoms with Gasteiger partial charge in [0.05, 0.1) is 17.4 Å². The highest BCUT2D eigenvalue weighted by atomic mass is 19.3. The normalized spacial score (nSPS) is 19.3. The van der Waals surface area contributed by atoms with Crippen LogP contribution < -0.4 is 16.0 Å². The van der Waals surface area contributed by atoms with E-state index in [-0.39, 0.29) is 63.7 Å². The number of nitrogens with one attached hydrogen (secondary N) is 4. The number of rotatable bonds is 14. The van der Waals surface area contributed by atoms with Crippen molar-refractivity contribution in [1.29, 1.82) is 0 Å². The first-order chi connectivity index (χ1) is 25.7. The molecule has 2 fully saturated rings. The molecule has 2 atom stereocenters. The third kappa shape index (κ3) is 11.0. The highest BCUT2D eigenvalue weighted by molar-refractivity contribution is 5.80. The number of hydrogen-bond donors (Lipinski definition) is 4. The lowest BCUT2D eigenvalue weighted by Gasteiger charge is -2.32. The molecule has 0 bridgehead atoms. The van der Waals surface area contributed by atoms with Gasteiger partial charge >= 0.3 is 0 Å². The largest absolute Gasteiger partial charge is 0.387 e. The summed E-state index contributed by atoms with van der Waals surface area (Å²) < 4.78 is 84.8. The number of alkyl halides is 6. The number of nitrogens with zero attached hydrogens (tertiary/aromatic N) is 2. The molecule has 4 N–H and O–H groups in total. The van der Waals surface area contributed by atoms with Crippen molar-refractivity contribution in [3.05, 3.63) is 72.3 Å². The molecule has 0 aliphatic heterocycles. The first-order valence-corrected chi connectivity index (χ1v) is 18.7. The molecular formula is C41H50F6N6O2. The maximum atomic E-state index is 15.3. The zero-order chi connectivity index (χ0) is 40.2. The SMILES string of the molecule is C=N/C(=C\NCC(NC(=O)C1CCC(F)(F)CC1)C(C)(C)F)c1ccc(-c2ccc(-c3c[nH]c(C(NC(=O)C4CCC(F)(F)CC4)C(C)(C)F)n3)cc2)cc1. The molecule has 2 amide bonds. The van der Waals surface area contributed by atoms with Crippen molar-refractivity contribution in [3.8, 4) is 22.4 Å². The molecule has 2 aromatic carbocycles. The maximum Gasteiger partial charge on any atom is 0.248 e. The fraction of sp³-hybridized carbons (Fsp3) is 0.512. The van der Waals surface area contributed by atoms with E-state index in [1.54, 1.807) is 12.4 Å². The van der Waals surface area contributed by atoms with E-state index in [9.17, 15) is 27.2 Å². The third-order valence-corrected chi connectivity index (χ3v) is 10.6. The number of imidazole rings is 1. The summed E-state index contributed by atoms with van der Waals surface area (Å²) >= 11 is 0. The Kier molecular flexibility index (Phi) is 12.6. The minimum absolute atomic E-state index is 0.0319. The standard InChI is InChI=1S/C41H50F6N6O2/c1-38(2,42)33(52-36(54)29-14-18-40(44,45)19-15-29)24-49-22-31(48-5)27-10-6-25(7-11-27)26-8-12-28(13-9-26)32-23-50-35(51-32)34(39(3,4)43)53-37(55)30-16-20-41(46,47)21-17-30/h6-13,22-23,29-30,33-34,49H,5,14-21,24H2,1-4H3,(H,50,51)(H,52,54)(H,53,55)/b31-22-. The molecule has 3 aromatic rings. The Bertz CT molecular complexity index is 1810. The molecule has 2 aliphatic rings. The lowest BCUT2D eigenvalue weighted by atomic mass is 9.85. The quantitative estimate of drug-likeness (QED) is 0.0968. The Morgan fingerprint density at radius 2 is 1.29 bits per heavy atom. The van der Waals surface area contributed by atoms with Crippen LogP contribution in [0, 0.1) is 11.8 Å². The van der Waals surface area contributed by atoms with Crippen molar-refractivity contribution in [2.24, 2.45) is 16.8 Å². The van der Waals surface area contributed by atoms with Crippen LogP contribution in [-0.4, -0.2) is 64.3 Å². The van der Waals surface area contributed by atoms with Crippen LogP contribution in [0.4, 0.5) is 26.3 Å². The zero-order valence-corrected chi connectivity index (χ0v) is 31.6. The molecule has 5 rings (SSSR count). The van der Waals surface area contributed by atoms with Crippen molar-refractivity contribution < 1.29 is 35.9 Å². The Morgan fingerprint density at radius 3 is 1.76 bits per heavy atom. The molecule has 2 saturated carbocycles. The van der Waals surface area contributed by atoms with Gasteiger partial charge in [0.15, 0.2) is 0 Å². The summed E-state index contributed by atoms with van der Waals surface area (Å²) in [6, 6.07) is 13.0. The minimum Gasteiger partial charge on any atom is -0.387 e. The predicted molar refractivity (Wildman–Crippen MR) is 202 cm³/mol. The average Bonchev–Trinajstić information content (AvgIpc) is 3.61. The van der Waals surface area contributed by atoms with Gasteiger partial charge in [0, 0.05) is 67.6 Å². The number of H-pyrrole nitrogens is 1. The molecule has 0 saturated heterocycles. The number of aliphatic imine (C=N–C) groups is 1. The first kappa shape index (κ1) is 41.5. The molecule has 0 spiro atoms. The van der Waals surface area contributed by atoms with E-state index in [0.717, 1.165) is 22.3 Å². The van der Waals surface area contributed by atoms with Gasteiger partial charge < -0.3 is 20.9 Å². The van der Waals surface area contributed by atoms with Gasteiger partial charge in [-0.05, 0) is 71.2 Å². The van der Waals surface area contributed by atoms with E-state index in [2.05, 4.69) is 37.6 Å². The molecule has 14 heteroatoms. The second-order valence-electron chi connectivity index (χ2n) is 15.8. The summed E-state index contributed by atoms with van der Waals surface area (Å²) in [6.07, 6.45) is 1.94. The van der Waals surface area contributed by atoms with Crippen LogP contribution in [0.2, 0.25) is 0 Å². The molecule has 55 heavy (non-hydrogen) atoms. The molecule has 0 radical (unpaired) electrons. The van der Waals surface area contributed by atoms with Gasteiger partial charge in [-0.3, -0.25) is 14.6 Å². The second kappa shape index (κ2) is 16.6. The van der Waals surface area contributed by atoms with Crippen molar-refractivity contribution in [2.75, 3.05) is 6.54 Å². The average molecular weight is 773 g/mol. The lowest BCUT2D eigenvalue weighted by molar-refractivity contribution is -0.132. The Labute approximate surface area is 318 Å². The number of carbonyl (C=O) groups excluding carboxylic acids is 2. The van der Waals surface area contributed by atoms with E-state index in [4.69, 9.17) is 0 Å². The van der Waals surface area contributed by atoms with E-state index in [1.807, 2.05) is 48.5 Å². The maximum absolute atomic E-state index is 15.3. The van der Waals surface area contributed by atoms with Crippen molar-refractivity contribution in [3.63, 3.8) is 0 Å². The van der Waals surface area contributed by atoms with Gasteiger partial charge in [-0.25, -0.2) is 31.3 Å². The highest BCUT2D eigenvalue weighted by Crippen LogP contribution is 2.38. The molecule has 1 heterocycles. The van der Waals surface area contributed by atoms with Gasteiger partial charge in [-0.2, -0.15) is 0 Å². The van der Waals surface area contributed by atoms with Crippen LogP contribution in [-0.2, 0) is 9.59 Å². The van der Waals surface area contributed by atoms with Gasteiger partial charge in [-0.1, -0.05) is 48.5 Å². The number of halogens is 6. The summed E-state index contributed by atoms with van der Waals surface area (Å²) in [4.78, 5) is 37.4. The summed E-state index contributed by atoms with van der Waals surface area (Å²) in [5, 5.41) is 8.44. The fourth-order valence-corrected chi connectivity index (χ4v) is 6.98. The summed E-state index contributed by atoms with van der Waals surface area (Å²) in [5.41, 5.74) is 0.621. The van der Waals surface area contributed by atoms with Crippen LogP contribution >= 0.6 is 0 Å². The van der Waals surface area contributed by atoms with Gasteiger partial charge in [-0.15, -0.1) is 0 Å². The topological polar surface area (TPSA) is 111 Å². The minimum atomic E-state index is -2.78. The van der Waals surface area contributed by atoms with Gasteiger partial charge in [0.1, 0.15) is 23.2 Å². The lowest BCUT2D eigenvalue weighted by Crippen LogP contribution is -2.53. The van der Waals surface area contributed by atoms with E-state index < -0.39 is 58.9 Å². The van der Waals surface area contributed by atoms with Gasteiger partial charge in [0.25, 0.3) is 0 Å². The van der Waals surface area contributed by atoms with Crippen LogP contribution in [0.5, 0.6) is 0 Å². The number of benzene rings is 2. The number of amides is 2. The van der Waals surface area contributed by atoms with E-state index in [0.29, 0.717) is 11.4 Å². The van der Waals surface area contributed by atoms with Crippen molar-refractivity contribution in [2.45, 2.75) is 114 Å². The predicted octanol–water partition coefficient (Wildman–Crippen LogP) is 9.12. The highest BCUT2D eigenvalue weighted by Gasteiger charge is 2.41. The molecule has 2 unspecified atom stereocenters. The fourth-order valence-electron chi connectivity index (χ4n) is 6.98. The summed E-state index contributed by atoms with van der Waals surface area (Å²) in [6.45, 7) is 9.04. The molecule has 1 aromatic heterocycles. The number of aromatic amines is 1. The second-order valence-corrected chi connectivity index (χ2v) is 15.8. The number of hydrogen-bond acceptors (Lipinski definition) is 5. The summed E-state index contributed by atoms with van der Waals surface area (Å²) in [5.74, 6) is -7.41. The zero-order valence-electron chi connectivity index (χ0n) is 31.6. The van der Waals surface area contributed by atoms with Crippen molar-refractivity contribution >= 4 is 24.2 Å². The van der Waals surface area contributed by atoms with E-state index >= 15 is 8.78 Å². The van der Waals surface area contributed by atoms with Crippen LogP contribution in [0.3, 0.4) is 0 Å². The van der Waals surface area contributed by atoms with Crippen LogP contribution in [0.1, 0.15) is 96.5 Å². The van der Waals surface area contributed by atoms with E-state index in [1.165, 1.54) is 27.7 Å². The van der Waals surface area contributed by atoms with Gasteiger partial charge in [0.2, 0.25) is 23.7 Å². The third-order valence-electron chi connectivity index (χ3n) is 10.6. The first-order valence-electron chi connectivity index (χ1n) is 18.7.